The third-order valence-electron chi connectivity index (χ3n) is 4.60. The molecule has 1 fully saturated rings. The number of hydrogen-bond donors (Lipinski definition) is 1. The number of hydrogen-bond acceptors (Lipinski definition) is 5. The molecule has 0 spiro atoms. The standard InChI is InChI=1S/C17H20BrN3O3/c1-17(10-19)6-7-20(11-17)9-13-3-5-16(24-13)14-4-2-12(21(22)23)8-15(14)18/h2-5,8H,6-7,9-11,19H2,1H3. The third-order valence-corrected chi connectivity index (χ3v) is 5.26. The number of nitrogens with zero attached hydrogens (tertiary/aromatic N) is 2. The monoisotopic (exact) mass is 393 g/mol. The van der Waals surface area contributed by atoms with Crippen LogP contribution in [-0.2, 0) is 6.54 Å². The molecule has 1 aliphatic heterocycles. The first kappa shape index (κ1) is 17.1. The predicted octanol–water partition coefficient (Wildman–Crippen LogP) is 3.79. The Morgan fingerprint density at radius 2 is 2.21 bits per heavy atom. The van der Waals surface area contributed by atoms with E-state index in [1.54, 1.807) is 6.07 Å². The molecule has 2 heterocycles. The fraction of sp³-hybridized carbons (Fsp3) is 0.412. The van der Waals surface area contributed by atoms with E-state index in [2.05, 4.69) is 27.8 Å². The van der Waals surface area contributed by atoms with E-state index in [-0.39, 0.29) is 11.1 Å². The molecular formula is C17H20BrN3O3. The summed E-state index contributed by atoms with van der Waals surface area (Å²) in [7, 11) is 0. The summed E-state index contributed by atoms with van der Waals surface area (Å²) >= 11 is 3.39. The van der Waals surface area contributed by atoms with Gasteiger partial charge in [-0.05, 0) is 59.1 Å². The van der Waals surface area contributed by atoms with Crippen LogP contribution >= 0.6 is 15.9 Å². The lowest BCUT2D eigenvalue weighted by Crippen LogP contribution is -2.31. The van der Waals surface area contributed by atoms with Crippen LogP contribution < -0.4 is 5.73 Å². The topological polar surface area (TPSA) is 85.5 Å². The van der Waals surface area contributed by atoms with E-state index >= 15 is 0 Å². The predicted molar refractivity (Wildman–Crippen MR) is 95.6 cm³/mol. The second-order valence-electron chi connectivity index (χ2n) is 6.66. The van der Waals surface area contributed by atoms with Crippen LogP contribution in [0.2, 0.25) is 0 Å². The number of rotatable bonds is 5. The fourth-order valence-corrected chi connectivity index (χ4v) is 3.64. The molecule has 1 aromatic carbocycles. The maximum absolute atomic E-state index is 10.8. The first-order valence-electron chi connectivity index (χ1n) is 7.86. The van der Waals surface area contributed by atoms with Gasteiger partial charge in [0.2, 0.25) is 0 Å². The van der Waals surface area contributed by atoms with Gasteiger partial charge in [0, 0.05) is 28.7 Å². The minimum Gasteiger partial charge on any atom is -0.460 e. The Kier molecular flexibility index (Phi) is 4.76. The molecule has 1 saturated heterocycles. The van der Waals surface area contributed by atoms with Crippen molar-refractivity contribution >= 4 is 21.6 Å². The Bertz CT molecular complexity index is 761. The highest BCUT2D eigenvalue weighted by Gasteiger charge is 2.32. The minimum atomic E-state index is -0.413. The normalized spacial score (nSPS) is 21.3. The summed E-state index contributed by atoms with van der Waals surface area (Å²) in [6.45, 7) is 5.66. The van der Waals surface area contributed by atoms with Crippen LogP contribution in [0.15, 0.2) is 39.2 Å². The van der Waals surface area contributed by atoms with Crippen molar-refractivity contribution in [3.05, 3.63) is 50.7 Å². The minimum absolute atomic E-state index is 0.0514. The van der Waals surface area contributed by atoms with Gasteiger partial charge in [0.1, 0.15) is 11.5 Å². The van der Waals surface area contributed by atoms with E-state index in [1.807, 2.05) is 12.1 Å². The van der Waals surface area contributed by atoms with Crippen molar-refractivity contribution < 1.29 is 9.34 Å². The largest absolute Gasteiger partial charge is 0.460 e. The van der Waals surface area contributed by atoms with Crippen LogP contribution in [0.5, 0.6) is 0 Å². The summed E-state index contributed by atoms with van der Waals surface area (Å²) in [5.74, 6) is 1.59. The van der Waals surface area contributed by atoms with Crippen molar-refractivity contribution in [2.75, 3.05) is 19.6 Å². The molecule has 1 unspecified atom stereocenters. The molecule has 128 valence electrons. The molecule has 7 heteroatoms. The Hall–Kier alpha value is -1.70. The number of halogens is 1. The summed E-state index contributed by atoms with van der Waals surface area (Å²) < 4.78 is 6.59. The zero-order valence-electron chi connectivity index (χ0n) is 13.5. The van der Waals surface area contributed by atoms with Gasteiger partial charge in [-0.1, -0.05) is 6.92 Å². The van der Waals surface area contributed by atoms with Crippen molar-refractivity contribution in [3.8, 4) is 11.3 Å². The molecule has 0 radical (unpaired) electrons. The molecule has 1 atom stereocenters. The zero-order valence-corrected chi connectivity index (χ0v) is 15.1. The summed E-state index contributed by atoms with van der Waals surface area (Å²) in [5, 5.41) is 10.8. The lowest BCUT2D eigenvalue weighted by molar-refractivity contribution is -0.384. The molecule has 0 bridgehead atoms. The molecule has 3 rings (SSSR count). The van der Waals surface area contributed by atoms with Crippen molar-refractivity contribution in [1.82, 2.24) is 4.90 Å². The van der Waals surface area contributed by atoms with E-state index in [0.717, 1.165) is 37.4 Å². The first-order chi connectivity index (χ1) is 11.4. The lowest BCUT2D eigenvalue weighted by atomic mass is 9.90. The van der Waals surface area contributed by atoms with Crippen molar-refractivity contribution in [2.24, 2.45) is 11.1 Å². The van der Waals surface area contributed by atoms with Gasteiger partial charge >= 0.3 is 0 Å². The van der Waals surface area contributed by atoms with Crippen molar-refractivity contribution in [3.63, 3.8) is 0 Å². The van der Waals surface area contributed by atoms with Crippen LogP contribution in [0.1, 0.15) is 19.1 Å². The number of likely N-dealkylation sites (tertiary alicyclic amines) is 1. The number of benzene rings is 1. The Morgan fingerprint density at radius 3 is 2.83 bits per heavy atom. The molecule has 2 N–H and O–H groups in total. The van der Waals surface area contributed by atoms with Gasteiger partial charge in [-0.2, -0.15) is 0 Å². The first-order valence-corrected chi connectivity index (χ1v) is 8.65. The van der Waals surface area contributed by atoms with Crippen LogP contribution in [-0.4, -0.2) is 29.5 Å². The molecule has 1 aliphatic rings. The van der Waals surface area contributed by atoms with E-state index in [9.17, 15) is 10.1 Å². The van der Waals surface area contributed by atoms with Gasteiger partial charge in [-0.15, -0.1) is 0 Å². The smallest absolute Gasteiger partial charge is 0.270 e. The quantitative estimate of drug-likeness (QED) is 0.616. The number of non-ortho nitro benzene ring substituents is 1. The van der Waals surface area contributed by atoms with Crippen LogP contribution in [0.3, 0.4) is 0 Å². The molecule has 2 aromatic rings. The maximum Gasteiger partial charge on any atom is 0.270 e. The zero-order chi connectivity index (χ0) is 17.3. The van der Waals surface area contributed by atoms with Crippen LogP contribution in [0.4, 0.5) is 5.69 Å². The van der Waals surface area contributed by atoms with E-state index in [4.69, 9.17) is 10.2 Å². The average Bonchev–Trinajstić information content (AvgIpc) is 3.15. The molecule has 0 amide bonds. The average molecular weight is 394 g/mol. The van der Waals surface area contributed by atoms with E-state index < -0.39 is 4.92 Å². The second kappa shape index (κ2) is 6.66. The van der Waals surface area contributed by atoms with Gasteiger partial charge in [-0.3, -0.25) is 15.0 Å². The van der Waals surface area contributed by atoms with E-state index in [0.29, 0.717) is 16.8 Å². The van der Waals surface area contributed by atoms with Gasteiger partial charge < -0.3 is 10.2 Å². The Labute approximate surface area is 148 Å². The lowest BCUT2D eigenvalue weighted by Gasteiger charge is -2.22. The Balaban J connectivity index is 1.73. The van der Waals surface area contributed by atoms with Gasteiger partial charge in [0.05, 0.1) is 11.5 Å². The molecular weight excluding hydrogens is 374 g/mol. The maximum atomic E-state index is 10.8. The highest BCUT2D eigenvalue weighted by Crippen LogP contribution is 2.34. The summed E-state index contributed by atoms with van der Waals surface area (Å²) in [6.07, 6.45) is 1.10. The van der Waals surface area contributed by atoms with Crippen molar-refractivity contribution in [1.29, 1.82) is 0 Å². The van der Waals surface area contributed by atoms with Crippen LogP contribution in [0.25, 0.3) is 11.3 Å². The molecule has 0 saturated carbocycles. The summed E-state index contributed by atoms with van der Waals surface area (Å²) in [5.41, 5.74) is 6.90. The highest BCUT2D eigenvalue weighted by atomic mass is 79.9. The molecule has 0 aliphatic carbocycles. The second-order valence-corrected chi connectivity index (χ2v) is 7.52. The van der Waals surface area contributed by atoms with Gasteiger partial charge in [0.15, 0.2) is 0 Å². The third kappa shape index (κ3) is 3.53. The Morgan fingerprint density at radius 1 is 1.42 bits per heavy atom. The van der Waals surface area contributed by atoms with Crippen molar-refractivity contribution in [2.45, 2.75) is 19.9 Å². The van der Waals surface area contributed by atoms with Gasteiger partial charge in [0.25, 0.3) is 5.69 Å². The van der Waals surface area contributed by atoms with Gasteiger partial charge in [-0.25, -0.2) is 0 Å². The summed E-state index contributed by atoms with van der Waals surface area (Å²) in [6, 6.07) is 8.53. The summed E-state index contributed by atoms with van der Waals surface area (Å²) in [4.78, 5) is 12.8. The molecule has 6 nitrogen and oxygen atoms in total. The molecule has 1 aromatic heterocycles. The number of nitro groups is 1. The molecule has 24 heavy (non-hydrogen) atoms. The number of nitrogens with two attached hydrogens (primary N) is 1. The van der Waals surface area contributed by atoms with Crippen LogP contribution in [0, 0.1) is 15.5 Å². The number of nitro benzene ring substituents is 1. The SMILES string of the molecule is CC1(CN)CCN(Cc2ccc(-c3ccc([N+](=O)[O-])cc3Br)o2)C1. The fourth-order valence-electron chi connectivity index (χ4n) is 3.07. The van der Waals surface area contributed by atoms with E-state index in [1.165, 1.54) is 12.1 Å². The number of furan rings is 1. The highest BCUT2D eigenvalue weighted by molar-refractivity contribution is 9.10.